The summed E-state index contributed by atoms with van der Waals surface area (Å²) in [5.74, 6) is 3.36. The van der Waals surface area contributed by atoms with E-state index in [0.29, 0.717) is 0 Å². The van der Waals surface area contributed by atoms with Gasteiger partial charge in [-0.2, -0.15) is 0 Å². The Morgan fingerprint density at radius 1 is 0.878 bits per heavy atom. The minimum Gasteiger partial charge on any atom is -0.467 e. The van der Waals surface area contributed by atoms with Gasteiger partial charge in [-0.3, -0.25) is 0 Å². The third-order valence-corrected chi connectivity index (χ3v) is 10.5. The summed E-state index contributed by atoms with van der Waals surface area (Å²) < 4.78 is 25.4. The van der Waals surface area contributed by atoms with Crippen LogP contribution in [0.5, 0.6) is 5.75 Å². The summed E-state index contributed by atoms with van der Waals surface area (Å²) in [5.41, 5.74) is 6.33. The van der Waals surface area contributed by atoms with Gasteiger partial charge in [-0.1, -0.05) is 58.9 Å². The maximum atomic E-state index is 6.67. The number of aryl methyl sites for hydroxylation is 1. The SMILES string of the molecule is COCOc1c(-c2ccc(C(C)(C)C)cc2B2OC(C)(C)C(C)(C)O2)cc(C)cc1C1(C)CC2CC(C)CC(C2)C1. The first-order valence-electron chi connectivity index (χ1n) is 15.8. The number of ether oxygens (including phenoxy) is 2. The van der Waals surface area contributed by atoms with Crippen LogP contribution < -0.4 is 10.2 Å². The molecular weight excluding hydrogens is 507 g/mol. The van der Waals surface area contributed by atoms with Crippen LogP contribution in [0.2, 0.25) is 0 Å². The molecule has 2 aliphatic carbocycles. The molecule has 5 rings (SSSR count). The van der Waals surface area contributed by atoms with E-state index in [0.717, 1.165) is 40.1 Å². The third-order valence-electron chi connectivity index (χ3n) is 10.5. The molecule has 4 nitrogen and oxygen atoms in total. The highest BCUT2D eigenvalue weighted by Crippen LogP contribution is 2.54. The van der Waals surface area contributed by atoms with Crippen molar-refractivity contribution in [2.24, 2.45) is 17.8 Å². The van der Waals surface area contributed by atoms with Crippen molar-refractivity contribution in [1.82, 2.24) is 0 Å². The van der Waals surface area contributed by atoms with E-state index in [9.17, 15) is 0 Å². The van der Waals surface area contributed by atoms with Crippen LogP contribution in [0.25, 0.3) is 11.1 Å². The standard InChI is InChI=1S/C36H53BO4/c1-23-14-25-18-26(15-23)21-36(10,20-25)30-17-24(2)16-29(32(30)39-22-38-11)28-13-12-27(33(3,4)5)19-31(28)37-40-34(6,7)35(8,9)41-37/h12-13,16-17,19,23,25-26H,14-15,18,20-22H2,1-11H3. The molecule has 2 aromatic carbocycles. The molecule has 2 unspecified atom stereocenters. The van der Waals surface area contributed by atoms with Crippen LogP contribution in [0.4, 0.5) is 0 Å². The van der Waals surface area contributed by atoms with Gasteiger partial charge >= 0.3 is 7.12 Å². The summed E-state index contributed by atoms with van der Waals surface area (Å²) in [7, 11) is 1.23. The number of hydrogen-bond donors (Lipinski definition) is 0. The van der Waals surface area contributed by atoms with Crippen LogP contribution >= 0.6 is 0 Å². The van der Waals surface area contributed by atoms with Gasteiger partial charge in [0.15, 0.2) is 6.79 Å². The van der Waals surface area contributed by atoms with Gasteiger partial charge in [0, 0.05) is 18.2 Å². The van der Waals surface area contributed by atoms with Gasteiger partial charge in [0.1, 0.15) is 5.75 Å². The Balaban J connectivity index is 1.69. The summed E-state index contributed by atoms with van der Waals surface area (Å²) in [6.07, 6.45) is 6.51. The highest BCUT2D eigenvalue weighted by Gasteiger charge is 2.52. The smallest absolute Gasteiger partial charge is 0.467 e. The lowest BCUT2D eigenvalue weighted by Gasteiger charge is -2.48. The number of rotatable bonds is 6. The molecule has 2 atom stereocenters. The Morgan fingerprint density at radius 3 is 2.05 bits per heavy atom. The summed E-state index contributed by atoms with van der Waals surface area (Å²) in [6.45, 7) is 22.6. The maximum Gasteiger partial charge on any atom is 0.495 e. The van der Waals surface area contributed by atoms with Gasteiger partial charge < -0.3 is 18.8 Å². The zero-order chi connectivity index (χ0) is 30.0. The van der Waals surface area contributed by atoms with Gasteiger partial charge in [0.05, 0.1) is 11.2 Å². The maximum absolute atomic E-state index is 6.67. The molecular formula is C36H53BO4. The topological polar surface area (TPSA) is 36.9 Å². The zero-order valence-corrected chi connectivity index (χ0v) is 27.6. The first kappa shape index (κ1) is 30.6. The Hall–Kier alpha value is -1.82. The molecule has 0 aromatic heterocycles. The van der Waals surface area contributed by atoms with Crippen molar-refractivity contribution in [3.05, 3.63) is 47.0 Å². The number of fused-ring (bicyclic) bond motifs is 2. The first-order chi connectivity index (χ1) is 19.0. The number of hydrogen-bond acceptors (Lipinski definition) is 4. The van der Waals surface area contributed by atoms with Crippen LogP contribution in [0.1, 0.15) is 111 Å². The van der Waals surface area contributed by atoms with Gasteiger partial charge in [0.2, 0.25) is 0 Å². The fourth-order valence-corrected chi connectivity index (χ4v) is 7.94. The molecule has 41 heavy (non-hydrogen) atoms. The second kappa shape index (κ2) is 10.7. The Kier molecular flexibility index (Phi) is 8.01. The largest absolute Gasteiger partial charge is 0.495 e. The second-order valence-electron chi connectivity index (χ2n) is 15.9. The second-order valence-corrected chi connectivity index (χ2v) is 15.9. The average Bonchev–Trinajstić information content (AvgIpc) is 3.07. The molecule has 0 amide bonds. The molecule has 0 spiro atoms. The molecule has 3 aliphatic rings. The predicted molar refractivity (Wildman–Crippen MR) is 170 cm³/mol. The van der Waals surface area contributed by atoms with Crippen LogP contribution in [-0.4, -0.2) is 32.2 Å². The molecule has 2 saturated carbocycles. The highest BCUT2D eigenvalue weighted by atomic mass is 16.7. The third kappa shape index (κ3) is 5.88. The Bertz CT molecular complexity index is 1240. The predicted octanol–water partition coefficient (Wildman–Crippen LogP) is 8.35. The Morgan fingerprint density at radius 2 is 1.49 bits per heavy atom. The van der Waals surface area contributed by atoms with Crippen LogP contribution in [-0.2, 0) is 24.9 Å². The average molecular weight is 561 g/mol. The lowest BCUT2D eigenvalue weighted by molar-refractivity contribution is 0.00578. The highest BCUT2D eigenvalue weighted by molar-refractivity contribution is 6.64. The monoisotopic (exact) mass is 560 g/mol. The molecule has 0 N–H and O–H groups in total. The van der Waals surface area contributed by atoms with Crippen LogP contribution in [0.15, 0.2) is 30.3 Å². The van der Waals surface area contributed by atoms with E-state index in [1.807, 2.05) is 0 Å². The normalized spacial score (nSPS) is 29.0. The number of methoxy groups -OCH3 is 1. The minimum absolute atomic E-state index is 0.00539. The summed E-state index contributed by atoms with van der Waals surface area (Å²) in [4.78, 5) is 0. The van der Waals surface area contributed by atoms with Crippen LogP contribution in [0.3, 0.4) is 0 Å². The fourth-order valence-electron chi connectivity index (χ4n) is 7.94. The van der Waals surface area contributed by atoms with Crippen molar-refractivity contribution >= 4 is 12.6 Å². The van der Waals surface area contributed by atoms with Crippen LogP contribution in [0, 0.1) is 24.7 Å². The van der Waals surface area contributed by atoms with Gasteiger partial charge in [-0.15, -0.1) is 0 Å². The quantitative estimate of drug-likeness (QED) is 0.263. The lowest BCUT2D eigenvalue weighted by atomic mass is 9.57. The Labute approximate surface area is 250 Å². The summed E-state index contributed by atoms with van der Waals surface area (Å²) in [5, 5.41) is 0. The molecule has 2 bridgehead atoms. The number of benzene rings is 2. The molecule has 3 fully saturated rings. The molecule has 0 radical (unpaired) electrons. The van der Waals surface area contributed by atoms with E-state index in [1.54, 1.807) is 7.11 Å². The first-order valence-corrected chi connectivity index (χ1v) is 15.8. The van der Waals surface area contributed by atoms with Gasteiger partial charge in [0.25, 0.3) is 0 Å². The van der Waals surface area contributed by atoms with Gasteiger partial charge in [-0.25, -0.2) is 0 Å². The van der Waals surface area contributed by atoms with Gasteiger partial charge in [-0.05, 0) is 124 Å². The molecule has 1 aliphatic heterocycles. The summed E-state index contributed by atoms with van der Waals surface area (Å²) >= 11 is 0. The van der Waals surface area contributed by atoms with E-state index < -0.39 is 18.3 Å². The molecule has 1 heterocycles. The van der Waals surface area contributed by atoms with E-state index in [2.05, 4.69) is 99.6 Å². The van der Waals surface area contributed by atoms with Crippen molar-refractivity contribution < 1.29 is 18.8 Å². The van der Waals surface area contributed by atoms with Crippen molar-refractivity contribution in [3.63, 3.8) is 0 Å². The van der Waals surface area contributed by atoms with Crippen molar-refractivity contribution in [1.29, 1.82) is 0 Å². The molecule has 1 saturated heterocycles. The van der Waals surface area contributed by atoms with Crippen molar-refractivity contribution in [3.8, 4) is 16.9 Å². The minimum atomic E-state index is -0.470. The molecule has 5 heteroatoms. The summed E-state index contributed by atoms with van der Waals surface area (Å²) in [6, 6.07) is 11.5. The van der Waals surface area contributed by atoms with E-state index >= 15 is 0 Å². The van der Waals surface area contributed by atoms with E-state index in [4.69, 9.17) is 18.8 Å². The lowest BCUT2D eigenvalue weighted by Crippen LogP contribution is -2.41. The van der Waals surface area contributed by atoms with E-state index in [-0.39, 0.29) is 17.6 Å². The molecule has 2 aromatic rings. The van der Waals surface area contributed by atoms with Crippen molar-refractivity contribution in [2.75, 3.05) is 13.9 Å². The zero-order valence-electron chi connectivity index (χ0n) is 27.6. The van der Waals surface area contributed by atoms with E-state index in [1.165, 1.54) is 48.8 Å². The molecule has 224 valence electrons. The fraction of sp³-hybridized carbons (Fsp3) is 0.667. The van der Waals surface area contributed by atoms with Crippen molar-refractivity contribution in [2.45, 2.75) is 123 Å².